The highest BCUT2D eigenvalue weighted by Gasteiger charge is 2.03. The van der Waals surface area contributed by atoms with Crippen molar-refractivity contribution < 1.29 is 5.11 Å². The molecule has 1 aromatic carbocycles. The van der Waals surface area contributed by atoms with Crippen LogP contribution in [0.5, 0.6) is 0 Å². The Morgan fingerprint density at radius 2 is 1.80 bits per heavy atom. The second-order valence-electron chi connectivity index (χ2n) is 3.34. The van der Waals surface area contributed by atoms with Crippen molar-refractivity contribution in [1.29, 1.82) is 0 Å². The third kappa shape index (κ3) is 1.74. The van der Waals surface area contributed by atoms with Gasteiger partial charge in [0.25, 0.3) is 0 Å². The van der Waals surface area contributed by atoms with Gasteiger partial charge >= 0.3 is 0 Å². The van der Waals surface area contributed by atoms with Gasteiger partial charge in [0.15, 0.2) is 0 Å². The Hall–Kier alpha value is -2.09. The molecule has 0 saturated heterocycles. The fourth-order valence-corrected chi connectivity index (χ4v) is 1.40. The van der Waals surface area contributed by atoms with Crippen LogP contribution in [0, 0.1) is 0 Å². The molecule has 0 radical (unpaired) electrons. The molecule has 0 aliphatic heterocycles. The summed E-state index contributed by atoms with van der Waals surface area (Å²) in [5.41, 5.74) is 1.11. The highest BCUT2D eigenvalue weighted by molar-refractivity contribution is 5.85. The molecule has 0 bridgehead atoms. The number of hydrogen-bond acceptors (Lipinski definition) is 2. The Labute approximate surface area is 88.2 Å². The van der Waals surface area contributed by atoms with E-state index in [1.807, 2.05) is 30.3 Å². The largest absolute Gasteiger partial charge is 0.508 e. The minimum Gasteiger partial charge on any atom is -0.508 e. The van der Waals surface area contributed by atoms with E-state index in [1.54, 1.807) is 6.20 Å². The van der Waals surface area contributed by atoms with Crippen molar-refractivity contribution in [2.45, 2.75) is 0 Å². The molecular formula is C13H11NO. The molecule has 2 rings (SSSR count). The van der Waals surface area contributed by atoms with E-state index >= 15 is 0 Å². The lowest BCUT2D eigenvalue weighted by Gasteiger charge is -2.04. The van der Waals surface area contributed by atoms with Gasteiger partial charge in [-0.05, 0) is 11.5 Å². The van der Waals surface area contributed by atoms with Crippen molar-refractivity contribution >= 4 is 16.3 Å². The van der Waals surface area contributed by atoms with Gasteiger partial charge in [-0.3, -0.25) is 4.98 Å². The molecule has 0 atom stereocenters. The molecule has 74 valence electrons. The topological polar surface area (TPSA) is 33.1 Å². The highest BCUT2D eigenvalue weighted by Crippen LogP contribution is 2.20. The first-order valence-corrected chi connectivity index (χ1v) is 4.61. The second kappa shape index (κ2) is 3.58. The van der Waals surface area contributed by atoms with Crippen LogP contribution in [0.3, 0.4) is 0 Å². The zero-order valence-electron chi connectivity index (χ0n) is 8.27. The van der Waals surface area contributed by atoms with Gasteiger partial charge in [0.05, 0.1) is 5.69 Å². The Balaban J connectivity index is 2.56. The van der Waals surface area contributed by atoms with E-state index in [0.29, 0.717) is 11.3 Å². The first kappa shape index (κ1) is 9.46. The number of rotatable bonds is 2. The maximum atomic E-state index is 9.21. The molecule has 1 heterocycles. The van der Waals surface area contributed by atoms with Gasteiger partial charge in [0.1, 0.15) is 5.76 Å². The summed E-state index contributed by atoms with van der Waals surface area (Å²) in [6, 6.07) is 9.79. The molecule has 0 amide bonds. The lowest BCUT2D eigenvalue weighted by molar-refractivity contribution is 0.440. The van der Waals surface area contributed by atoms with Gasteiger partial charge < -0.3 is 5.11 Å². The van der Waals surface area contributed by atoms with Crippen LogP contribution in [-0.4, -0.2) is 10.1 Å². The minimum absolute atomic E-state index is 0.0437. The maximum absolute atomic E-state index is 9.21. The molecule has 0 aliphatic rings. The lowest BCUT2D eigenvalue weighted by Crippen LogP contribution is -1.90. The van der Waals surface area contributed by atoms with Crippen LogP contribution in [0.15, 0.2) is 55.4 Å². The molecular weight excluding hydrogens is 186 g/mol. The smallest absolute Gasteiger partial charge is 0.117 e. The number of benzene rings is 1. The predicted molar refractivity (Wildman–Crippen MR) is 62.5 cm³/mol. The maximum Gasteiger partial charge on any atom is 0.117 e. The van der Waals surface area contributed by atoms with Gasteiger partial charge in [-0.1, -0.05) is 37.4 Å². The Bertz CT molecular complexity index is 543. The number of aliphatic hydroxyl groups excluding tert-OH is 1. The number of allylic oxidation sites excluding steroid dienone is 1. The van der Waals surface area contributed by atoms with Gasteiger partial charge in [0.2, 0.25) is 0 Å². The van der Waals surface area contributed by atoms with Crippen molar-refractivity contribution in [1.82, 2.24) is 4.98 Å². The molecule has 2 nitrogen and oxygen atoms in total. The third-order valence-electron chi connectivity index (χ3n) is 2.29. The molecule has 0 saturated carbocycles. The first-order chi connectivity index (χ1) is 7.18. The zero-order valence-corrected chi connectivity index (χ0v) is 8.27. The summed E-state index contributed by atoms with van der Waals surface area (Å²) in [4.78, 5) is 4.21. The number of hydrogen-bond donors (Lipinski definition) is 1. The van der Waals surface area contributed by atoms with Crippen LogP contribution in [-0.2, 0) is 0 Å². The molecule has 0 aliphatic carbocycles. The average molecular weight is 197 g/mol. The summed E-state index contributed by atoms with van der Waals surface area (Å²) >= 11 is 0. The number of nitrogens with zero attached hydrogens (tertiary/aromatic N) is 1. The Kier molecular flexibility index (Phi) is 2.26. The van der Waals surface area contributed by atoms with Crippen molar-refractivity contribution in [3.63, 3.8) is 0 Å². The zero-order chi connectivity index (χ0) is 10.8. The summed E-state index contributed by atoms with van der Waals surface area (Å²) < 4.78 is 0. The van der Waals surface area contributed by atoms with E-state index in [1.165, 1.54) is 0 Å². The number of pyridine rings is 1. The van der Waals surface area contributed by atoms with Crippen LogP contribution in [0.4, 0.5) is 0 Å². The Morgan fingerprint density at radius 1 is 1.13 bits per heavy atom. The highest BCUT2D eigenvalue weighted by atomic mass is 16.3. The molecule has 1 aromatic heterocycles. The van der Waals surface area contributed by atoms with Crippen molar-refractivity contribution in [3.05, 3.63) is 61.1 Å². The van der Waals surface area contributed by atoms with E-state index in [-0.39, 0.29) is 5.76 Å². The number of fused-ring (bicyclic) bond motifs is 1. The molecule has 2 heteroatoms. The molecule has 1 N–H and O–H groups in total. The monoisotopic (exact) mass is 197 g/mol. The fraction of sp³-hybridized carbons (Fsp3) is 0. The number of aliphatic hydroxyl groups is 1. The van der Waals surface area contributed by atoms with Gasteiger partial charge in [0, 0.05) is 17.2 Å². The predicted octanol–water partition coefficient (Wildman–Crippen LogP) is 3.32. The summed E-state index contributed by atoms with van der Waals surface area (Å²) in [5.74, 6) is -0.0437. The first-order valence-electron chi connectivity index (χ1n) is 4.61. The van der Waals surface area contributed by atoms with Gasteiger partial charge in [-0.2, -0.15) is 0 Å². The summed E-state index contributed by atoms with van der Waals surface area (Å²) in [7, 11) is 0. The molecule has 15 heavy (non-hydrogen) atoms. The summed E-state index contributed by atoms with van der Waals surface area (Å²) in [6.07, 6.45) is 1.76. The SMILES string of the molecule is C=C(O)C(=C)c1cc2ccccc2cn1. The third-order valence-corrected chi connectivity index (χ3v) is 2.29. The quantitative estimate of drug-likeness (QED) is 0.591. The van der Waals surface area contributed by atoms with Crippen molar-refractivity contribution in [2.75, 3.05) is 0 Å². The Morgan fingerprint density at radius 3 is 2.47 bits per heavy atom. The average Bonchev–Trinajstić information content (AvgIpc) is 2.27. The summed E-state index contributed by atoms with van der Waals surface area (Å²) in [5, 5.41) is 11.4. The van der Waals surface area contributed by atoms with E-state index < -0.39 is 0 Å². The van der Waals surface area contributed by atoms with Gasteiger partial charge in [-0.25, -0.2) is 0 Å². The van der Waals surface area contributed by atoms with E-state index in [9.17, 15) is 5.11 Å². The minimum atomic E-state index is -0.0437. The van der Waals surface area contributed by atoms with Crippen LogP contribution in [0.2, 0.25) is 0 Å². The van der Waals surface area contributed by atoms with Gasteiger partial charge in [-0.15, -0.1) is 0 Å². The fourth-order valence-electron chi connectivity index (χ4n) is 1.40. The van der Waals surface area contributed by atoms with E-state index in [2.05, 4.69) is 18.1 Å². The van der Waals surface area contributed by atoms with Crippen molar-refractivity contribution in [2.24, 2.45) is 0 Å². The normalized spacial score (nSPS) is 10.1. The standard InChI is InChI=1S/C13H11NO/c1-9(10(2)15)13-7-11-5-3-4-6-12(11)8-14-13/h3-8,15H,1-2H2. The summed E-state index contributed by atoms with van der Waals surface area (Å²) in [6.45, 7) is 7.15. The molecule has 0 spiro atoms. The molecule has 0 unspecified atom stereocenters. The van der Waals surface area contributed by atoms with Crippen LogP contribution >= 0.6 is 0 Å². The van der Waals surface area contributed by atoms with E-state index in [4.69, 9.17) is 0 Å². The molecule has 2 aromatic rings. The van der Waals surface area contributed by atoms with Crippen LogP contribution in [0.1, 0.15) is 5.69 Å². The lowest BCUT2D eigenvalue weighted by atomic mass is 10.1. The molecule has 0 fully saturated rings. The number of aromatic nitrogens is 1. The van der Waals surface area contributed by atoms with Crippen molar-refractivity contribution in [3.8, 4) is 0 Å². The van der Waals surface area contributed by atoms with E-state index in [0.717, 1.165) is 10.8 Å². The second-order valence-corrected chi connectivity index (χ2v) is 3.34. The van der Waals surface area contributed by atoms with Crippen LogP contribution < -0.4 is 0 Å². The van der Waals surface area contributed by atoms with Crippen LogP contribution in [0.25, 0.3) is 16.3 Å².